The highest BCUT2D eigenvalue weighted by atomic mass is 32.1. The van der Waals surface area contributed by atoms with Crippen molar-refractivity contribution < 1.29 is 0 Å². The van der Waals surface area contributed by atoms with E-state index >= 15 is 0 Å². The number of rotatable bonds is 4. The van der Waals surface area contributed by atoms with Crippen molar-refractivity contribution in [2.75, 3.05) is 13.6 Å². The Morgan fingerprint density at radius 2 is 2.33 bits per heavy atom. The lowest BCUT2D eigenvalue weighted by atomic mass is 9.97. The summed E-state index contributed by atoms with van der Waals surface area (Å²) in [5, 5.41) is 6.50. The molecule has 1 N–H and O–H groups in total. The monoisotopic (exact) mass is 184 g/mol. The van der Waals surface area contributed by atoms with Crippen LogP contribution in [-0.4, -0.2) is 18.6 Å². The van der Waals surface area contributed by atoms with Crippen molar-refractivity contribution >= 4 is 11.3 Å². The zero-order valence-corrected chi connectivity index (χ0v) is 8.69. The van der Waals surface area contributed by atoms with Crippen LogP contribution in [0.5, 0.6) is 0 Å². The molecule has 1 rings (SSSR count). The number of hydrogen-bond acceptors (Lipinski definition) is 3. The molecule has 0 saturated carbocycles. The van der Waals surface area contributed by atoms with E-state index in [-0.39, 0.29) is 0 Å². The fourth-order valence-corrected chi connectivity index (χ4v) is 2.16. The zero-order chi connectivity index (χ0) is 8.97. The van der Waals surface area contributed by atoms with E-state index in [1.807, 2.05) is 18.6 Å². The highest BCUT2D eigenvalue weighted by Gasteiger charge is 2.16. The summed E-state index contributed by atoms with van der Waals surface area (Å²) in [5.41, 5.74) is 0. The Labute approximate surface area is 78.0 Å². The van der Waals surface area contributed by atoms with Gasteiger partial charge in [-0.2, -0.15) is 0 Å². The molecule has 0 fully saturated rings. The van der Waals surface area contributed by atoms with Crippen LogP contribution in [-0.2, 0) is 0 Å². The molecule has 0 aliphatic rings. The van der Waals surface area contributed by atoms with Crippen LogP contribution in [0, 0.1) is 5.92 Å². The molecule has 1 unspecified atom stereocenters. The molecule has 0 radical (unpaired) electrons. The van der Waals surface area contributed by atoms with Crippen molar-refractivity contribution in [3.63, 3.8) is 0 Å². The van der Waals surface area contributed by atoms with Gasteiger partial charge in [-0.15, -0.1) is 11.3 Å². The number of likely N-dealkylation sites (N-methyl/N-ethyl adjacent to an activating group) is 1. The molecule has 2 nitrogen and oxygen atoms in total. The predicted molar refractivity (Wildman–Crippen MR) is 53.6 cm³/mol. The second-order valence-electron chi connectivity index (χ2n) is 3.28. The quantitative estimate of drug-likeness (QED) is 0.775. The molecule has 1 aromatic rings. The lowest BCUT2D eigenvalue weighted by Crippen LogP contribution is -2.21. The molecule has 0 amide bonds. The van der Waals surface area contributed by atoms with Gasteiger partial charge in [0, 0.05) is 24.0 Å². The van der Waals surface area contributed by atoms with E-state index in [0.717, 1.165) is 6.54 Å². The van der Waals surface area contributed by atoms with Crippen LogP contribution in [0.25, 0.3) is 0 Å². The molecule has 68 valence electrons. The summed E-state index contributed by atoms with van der Waals surface area (Å²) < 4.78 is 0. The summed E-state index contributed by atoms with van der Waals surface area (Å²) >= 11 is 1.75. The van der Waals surface area contributed by atoms with E-state index in [1.54, 1.807) is 11.3 Å². The van der Waals surface area contributed by atoms with E-state index in [0.29, 0.717) is 11.8 Å². The Balaban J connectivity index is 2.66. The molecule has 12 heavy (non-hydrogen) atoms. The number of thiazole rings is 1. The SMILES string of the molecule is CNCC(c1nccs1)C(C)C. The molecule has 0 aliphatic carbocycles. The first kappa shape index (κ1) is 9.68. The molecule has 1 aromatic heterocycles. The Bertz CT molecular complexity index is 206. The fourth-order valence-electron chi connectivity index (χ4n) is 1.25. The number of hydrogen-bond donors (Lipinski definition) is 1. The van der Waals surface area contributed by atoms with Gasteiger partial charge in [0.05, 0.1) is 5.01 Å². The van der Waals surface area contributed by atoms with E-state index in [4.69, 9.17) is 0 Å². The number of aromatic nitrogens is 1. The second kappa shape index (κ2) is 4.58. The third kappa shape index (κ3) is 2.29. The maximum atomic E-state index is 4.33. The average Bonchev–Trinajstić information content (AvgIpc) is 2.51. The van der Waals surface area contributed by atoms with Crippen molar-refractivity contribution in [1.29, 1.82) is 0 Å². The summed E-state index contributed by atoms with van der Waals surface area (Å²) in [6, 6.07) is 0. The Morgan fingerprint density at radius 1 is 1.58 bits per heavy atom. The lowest BCUT2D eigenvalue weighted by molar-refractivity contribution is 0.476. The molecule has 1 atom stereocenters. The number of nitrogens with zero attached hydrogens (tertiary/aromatic N) is 1. The third-order valence-electron chi connectivity index (χ3n) is 2.00. The molecule has 0 bridgehead atoms. The van der Waals surface area contributed by atoms with Crippen LogP contribution in [0.1, 0.15) is 24.8 Å². The Morgan fingerprint density at radius 3 is 2.75 bits per heavy atom. The van der Waals surface area contributed by atoms with Crippen LogP contribution >= 0.6 is 11.3 Å². The van der Waals surface area contributed by atoms with Crippen LogP contribution < -0.4 is 5.32 Å². The van der Waals surface area contributed by atoms with Crippen molar-refractivity contribution in [1.82, 2.24) is 10.3 Å². The molecule has 1 heterocycles. The first-order chi connectivity index (χ1) is 5.75. The fraction of sp³-hybridized carbons (Fsp3) is 0.667. The summed E-state index contributed by atoms with van der Waals surface area (Å²) in [6.45, 7) is 5.50. The number of nitrogens with one attached hydrogen (secondary N) is 1. The smallest absolute Gasteiger partial charge is 0.0971 e. The zero-order valence-electron chi connectivity index (χ0n) is 7.87. The van der Waals surface area contributed by atoms with E-state index in [1.165, 1.54) is 5.01 Å². The molecule has 0 aliphatic heterocycles. The van der Waals surface area contributed by atoms with Gasteiger partial charge in [-0.3, -0.25) is 0 Å². The standard InChI is InChI=1S/C9H16N2S/c1-7(2)8(6-10-3)9-11-4-5-12-9/h4-5,7-8,10H,6H2,1-3H3. The van der Waals surface area contributed by atoms with Crippen LogP contribution in [0.3, 0.4) is 0 Å². The van der Waals surface area contributed by atoms with Crippen LogP contribution in [0.15, 0.2) is 11.6 Å². The molecule has 3 heteroatoms. The van der Waals surface area contributed by atoms with Gasteiger partial charge in [-0.1, -0.05) is 13.8 Å². The highest BCUT2D eigenvalue weighted by Crippen LogP contribution is 2.24. The maximum Gasteiger partial charge on any atom is 0.0971 e. The average molecular weight is 184 g/mol. The first-order valence-electron chi connectivity index (χ1n) is 4.29. The van der Waals surface area contributed by atoms with Gasteiger partial charge in [0.1, 0.15) is 0 Å². The third-order valence-corrected chi connectivity index (χ3v) is 2.90. The molecule has 0 spiro atoms. The van der Waals surface area contributed by atoms with Gasteiger partial charge >= 0.3 is 0 Å². The predicted octanol–water partition coefficient (Wildman–Crippen LogP) is 2.10. The van der Waals surface area contributed by atoms with Gasteiger partial charge in [0.25, 0.3) is 0 Å². The normalized spacial score (nSPS) is 13.7. The topological polar surface area (TPSA) is 24.9 Å². The van der Waals surface area contributed by atoms with Gasteiger partial charge < -0.3 is 5.32 Å². The van der Waals surface area contributed by atoms with Crippen molar-refractivity contribution in [3.05, 3.63) is 16.6 Å². The van der Waals surface area contributed by atoms with E-state index < -0.39 is 0 Å². The van der Waals surface area contributed by atoms with Crippen molar-refractivity contribution in [2.45, 2.75) is 19.8 Å². The maximum absolute atomic E-state index is 4.33. The second-order valence-corrected chi connectivity index (χ2v) is 4.20. The van der Waals surface area contributed by atoms with Gasteiger partial charge in [0.15, 0.2) is 0 Å². The van der Waals surface area contributed by atoms with Gasteiger partial charge in [-0.25, -0.2) is 4.98 Å². The molecular weight excluding hydrogens is 168 g/mol. The largest absolute Gasteiger partial charge is 0.319 e. The van der Waals surface area contributed by atoms with Gasteiger partial charge in [-0.05, 0) is 13.0 Å². The van der Waals surface area contributed by atoms with Gasteiger partial charge in [0.2, 0.25) is 0 Å². The van der Waals surface area contributed by atoms with Crippen molar-refractivity contribution in [3.8, 4) is 0 Å². The summed E-state index contributed by atoms with van der Waals surface area (Å²) in [6.07, 6.45) is 1.88. The Hall–Kier alpha value is -0.410. The minimum Gasteiger partial charge on any atom is -0.319 e. The van der Waals surface area contributed by atoms with Crippen LogP contribution in [0.2, 0.25) is 0 Å². The van der Waals surface area contributed by atoms with Crippen LogP contribution in [0.4, 0.5) is 0 Å². The summed E-state index contributed by atoms with van der Waals surface area (Å²) in [5.74, 6) is 1.22. The Kier molecular flexibility index (Phi) is 3.69. The highest BCUT2D eigenvalue weighted by molar-refractivity contribution is 7.09. The molecule has 0 aromatic carbocycles. The summed E-state index contributed by atoms with van der Waals surface area (Å²) in [7, 11) is 1.99. The minimum atomic E-state index is 0.565. The molecular formula is C9H16N2S. The lowest BCUT2D eigenvalue weighted by Gasteiger charge is -2.17. The minimum absolute atomic E-state index is 0.565. The van der Waals surface area contributed by atoms with Crippen molar-refractivity contribution in [2.24, 2.45) is 5.92 Å². The summed E-state index contributed by atoms with van der Waals surface area (Å²) in [4.78, 5) is 4.33. The van der Waals surface area contributed by atoms with E-state index in [2.05, 4.69) is 24.1 Å². The molecule has 0 saturated heterocycles. The van der Waals surface area contributed by atoms with E-state index in [9.17, 15) is 0 Å². The first-order valence-corrected chi connectivity index (χ1v) is 5.17.